The zero-order valence-electron chi connectivity index (χ0n) is 8.97. The fourth-order valence-corrected chi connectivity index (χ4v) is 1.24. The maximum absolute atomic E-state index is 12.6. The van der Waals surface area contributed by atoms with Crippen molar-refractivity contribution in [3.05, 3.63) is 23.0 Å². The molecule has 1 rings (SSSR count). The minimum atomic E-state index is -5.34. The molecule has 2 N–H and O–H groups in total. The number of alkyl halides is 6. The predicted molar refractivity (Wildman–Crippen MR) is 49.2 cm³/mol. The van der Waals surface area contributed by atoms with Gasteiger partial charge in [-0.1, -0.05) is 0 Å². The Labute approximate surface area is 102 Å². The number of carbonyl (C=O) groups is 1. The van der Waals surface area contributed by atoms with Gasteiger partial charge in [0, 0.05) is 12.1 Å². The lowest BCUT2D eigenvalue weighted by molar-refractivity contribution is -0.276. The van der Waals surface area contributed by atoms with Crippen molar-refractivity contribution in [1.29, 1.82) is 0 Å². The van der Waals surface area contributed by atoms with Gasteiger partial charge in [0.2, 0.25) is 0 Å². The van der Waals surface area contributed by atoms with Gasteiger partial charge in [-0.05, 0) is 6.07 Å². The topological polar surface area (TPSA) is 65.2 Å². The van der Waals surface area contributed by atoms with E-state index >= 15 is 0 Å². The summed E-state index contributed by atoms with van der Waals surface area (Å²) in [4.78, 5) is 13.2. The van der Waals surface area contributed by atoms with Crippen LogP contribution in [0.15, 0.2) is 6.07 Å². The van der Waals surface area contributed by atoms with E-state index in [9.17, 15) is 31.1 Å². The molecule has 0 saturated heterocycles. The molecule has 0 aliphatic rings. The fraction of sp³-hybridized carbons (Fsp3) is 0.333. The van der Waals surface area contributed by atoms with Gasteiger partial charge in [-0.15, -0.1) is 13.2 Å². The van der Waals surface area contributed by atoms with Crippen molar-refractivity contribution in [3.8, 4) is 5.75 Å². The van der Waals surface area contributed by atoms with Crippen molar-refractivity contribution < 1.29 is 35.9 Å². The number of hydrogen-bond acceptors (Lipinski definition) is 4. The summed E-state index contributed by atoms with van der Waals surface area (Å²) in [6, 6.07) is 0.698. The molecule has 1 aromatic heterocycles. The van der Waals surface area contributed by atoms with Crippen molar-refractivity contribution in [3.63, 3.8) is 0 Å². The van der Waals surface area contributed by atoms with Gasteiger partial charge in [0.05, 0.1) is 0 Å². The van der Waals surface area contributed by atoms with Gasteiger partial charge in [-0.2, -0.15) is 13.2 Å². The van der Waals surface area contributed by atoms with Gasteiger partial charge in [-0.3, -0.25) is 4.79 Å². The highest BCUT2D eigenvalue weighted by molar-refractivity contribution is 5.73. The number of carbonyl (C=O) groups excluding carboxylic acids is 1. The first-order valence-electron chi connectivity index (χ1n) is 4.60. The summed E-state index contributed by atoms with van der Waals surface area (Å²) in [6.07, 6.45) is -10.6. The third-order valence-corrected chi connectivity index (χ3v) is 1.90. The lowest BCUT2D eigenvalue weighted by Gasteiger charge is -2.17. The van der Waals surface area contributed by atoms with Crippen LogP contribution in [0.5, 0.6) is 5.75 Å². The normalized spacial score (nSPS) is 12.4. The Morgan fingerprint density at radius 3 is 2.21 bits per heavy atom. The second kappa shape index (κ2) is 5.03. The molecule has 0 radical (unpaired) electrons. The first kappa shape index (κ1) is 15.2. The largest absolute Gasteiger partial charge is 0.573 e. The molecule has 0 amide bonds. The maximum Gasteiger partial charge on any atom is 0.573 e. The van der Waals surface area contributed by atoms with Crippen LogP contribution in [0.2, 0.25) is 0 Å². The van der Waals surface area contributed by atoms with E-state index in [1.165, 1.54) is 0 Å². The zero-order valence-corrected chi connectivity index (χ0v) is 8.97. The third kappa shape index (κ3) is 3.81. The highest BCUT2D eigenvalue weighted by atomic mass is 19.4. The molecule has 0 aliphatic carbocycles. The lowest BCUT2D eigenvalue weighted by atomic mass is 10.1. The Morgan fingerprint density at radius 1 is 1.26 bits per heavy atom. The summed E-state index contributed by atoms with van der Waals surface area (Å²) in [5.74, 6) is -1.55. The highest BCUT2D eigenvalue weighted by Crippen LogP contribution is 2.39. The van der Waals surface area contributed by atoms with Crippen LogP contribution in [-0.4, -0.2) is 17.6 Å². The van der Waals surface area contributed by atoms with Crippen LogP contribution in [0.3, 0.4) is 0 Å². The summed E-state index contributed by atoms with van der Waals surface area (Å²) in [5.41, 5.74) is 1.78. The highest BCUT2D eigenvalue weighted by Gasteiger charge is 2.42. The van der Waals surface area contributed by atoms with Crippen LogP contribution < -0.4 is 10.5 Å². The van der Waals surface area contributed by atoms with Gasteiger partial charge in [0.1, 0.15) is 5.69 Å². The van der Waals surface area contributed by atoms with E-state index in [2.05, 4.69) is 9.72 Å². The van der Waals surface area contributed by atoms with E-state index in [1.807, 2.05) is 0 Å². The minimum absolute atomic E-state index is 0.0359. The summed E-state index contributed by atoms with van der Waals surface area (Å²) in [6.45, 7) is -0.683. The number of nitrogens with zero attached hydrogens (tertiary/aromatic N) is 1. The van der Waals surface area contributed by atoms with E-state index < -0.39 is 41.8 Å². The van der Waals surface area contributed by atoms with Gasteiger partial charge < -0.3 is 10.5 Å². The smallest absolute Gasteiger partial charge is 0.403 e. The van der Waals surface area contributed by atoms with Crippen molar-refractivity contribution in [1.82, 2.24) is 4.98 Å². The Morgan fingerprint density at radius 2 is 1.84 bits per heavy atom. The quantitative estimate of drug-likeness (QED) is 0.684. The van der Waals surface area contributed by atoms with Crippen molar-refractivity contribution >= 4 is 6.29 Å². The molecule has 1 heterocycles. The van der Waals surface area contributed by atoms with Crippen molar-refractivity contribution in [2.24, 2.45) is 5.73 Å². The number of rotatable bonds is 3. The van der Waals surface area contributed by atoms with Crippen LogP contribution in [0.4, 0.5) is 26.3 Å². The van der Waals surface area contributed by atoms with Gasteiger partial charge in [0.15, 0.2) is 17.7 Å². The van der Waals surface area contributed by atoms with E-state index in [0.717, 1.165) is 0 Å². The molecular formula is C9H6F6N2O2. The molecule has 0 saturated carbocycles. The molecule has 0 atom stereocenters. The molecule has 106 valence electrons. The standard InChI is InChI=1S/C9H6F6N2O2/c10-8(11,12)7-6(19-9(13,14)15)4(2-16)1-5(3-18)17-7/h1,3H,2,16H2. The number of pyridine rings is 1. The molecule has 0 fully saturated rings. The number of aldehydes is 1. The maximum atomic E-state index is 12.6. The van der Waals surface area contributed by atoms with Crippen molar-refractivity contribution in [2.75, 3.05) is 0 Å². The van der Waals surface area contributed by atoms with E-state index in [4.69, 9.17) is 5.73 Å². The van der Waals surface area contributed by atoms with Crippen LogP contribution >= 0.6 is 0 Å². The molecule has 10 heteroatoms. The van der Waals surface area contributed by atoms with Crippen LogP contribution in [0, 0.1) is 0 Å². The first-order chi connectivity index (χ1) is 8.58. The Kier molecular flexibility index (Phi) is 4.03. The number of nitrogens with two attached hydrogens (primary N) is 1. The van der Waals surface area contributed by atoms with E-state index in [-0.39, 0.29) is 6.29 Å². The number of ether oxygens (including phenoxy) is 1. The summed E-state index contributed by atoms with van der Waals surface area (Å²) < 4.78 is 77.3. The number of halogens is 6. The van der Waals surface area contributed by atoms with Crippen LogP contribution in [0.25, 0.3) is 0 Å². The average Bonchev–Trinajstić information content (AvgIpc) is 2.25. The summed E-state index contributed by atoms with van der Waals surface area (Å²) >= 11 is 0. The molecular weight excluding hydrogens is 282 g/mol. The molecule has 0 bridgehead atoms. The molecule has 19 heavy (non-hydrogen) atoms. The summed E-state index contributed by atoms with van der Waals surface area (Å²) in [5, 5.41) is 0. The Hall–Kier alpha value is -1.84. The molecule has 0 unspecified atom stereocenters. The lowest BCUT2D eigenvalue weighted by Crippen LogP contribution is -2.23. The van der Waals surface area contributed by atoms with E-state index in [0.29, 0.717) is 6.07 Å². The van der Waals surface area contributed by atoms with Gasteiger partial charge >= 0.3 is 12.5 Å². The molecule has 0 aromatic carbocycles. The predicted octanol–water partition coefficient (Wildman–Crippen LogP) is 2.27. The monoisotopic (exact) mass is 288 g/mol. The third-order valence-electron chi connectivity index (χ3n) is 1.90. The van der Waals surface area contributed by atoms with Crippen molar-refractivity contribution in [2.45, 2.75) is 19.1 Å². The van der Waals surface area contributed by atoms with E-state index in [1.54, 1.807) is 0 Å². The second-order valence-corrected chi connectivity index (χ2v) is 3.25. The second-order valence-electron chi connectivity index (χ2n) is 3.25. The first-order valence-corrected chi connectivity index (χ1v) is 4.60. The fourth-order valence-electron chi connectivity index (χ4n) is 1.24. The molecule has 0 aliphatic heterocycles. The Balaban J connectivity index is 3.51. The number of hydrogen-bond donors (Lipinski definition) is 1. The van der Waals surface area contributed by atoms with Crippen LogP contribution in [0.1, 0.15) is 21.7 Å². The SMILES string of the molecule is NCc1cc(C=O)nc(C(F)(F)F)c1OC(F)(F)F. The average molecular weight is 288 g/mol. The summed E-state index contributed by atoms with van der Waals surface area (Å²) in [7, 11) is 0. The molecule has 1 aromatic rings. The number of aromatic nitrogens is 1. The molecule has 4 nitrogen and oxygen atoms in total. The van der Waals surface area contributed by atoms with Gasteiger partial charge in [-0.25, -0.2) is 4.98 Å². The Bertz CT molecular complexity index is 483. The van der Waals surface area contributed by atoms with Crippen LogP contribution in [-0.2, 0) is 12.7 Å². The minimum Gasteiger partial charge on any atom is -0.403 e. The zero-order chi connectivity index (χ0) is 14.8. The van der Waals surface area contributed by atoms with Gasteiger partial charge in [0.25, 0.3) is 0 Å². The molecule has 0 spiro atoms.